The van der Waals surface area contributed by atoms with Gasteiger partial charge in [-0.1, -0.05) is 26.0 Å². The molecule has 20 heavy (non-hydrogen) atoms. The molecule has 1 rings (SSSR count). The quantitative estimate of drug-likeness (QED) is 0.659. The third-order valence-electron chi connectivity index (χ3n) is 3.23. The van der Waals surface area contributed by atoms with Crippen LogP contribution in [0.2, 0.25) is 0 Å². The molecule has 2 N–H and O–H groups in total. The van der Waals surface area contributed by atoms with Gasteiger partial charge < -0.3 is 10.6 Å². The Bertz CT molecular complexity index is 526. The van der Waals surface area contributed by atoms with Gasteiger partial charge in [-0.05, 0) is 24.4 Å². The van der Waals surface area contributed by atoms with Crippen LogP contribution in [0.4, 0.5) is 5.69 Å². The van der Waals surface area contributed by atoms with Gasteiger partial charge in [-0.3, -0.25) is 14.9 Å². The zero-order valence-corrected chi connectivity index (χ0v) is 12.3. The smallest absolute Gasteiger partial charge is 0.282 e. The average Bonchev–Trinajstić information content (AvgIpc) is 2.37. The maximum Gasteiger partial charge on any atom is 0.282 e. The summed E-state index contributed by atoms with van der Waals surface area (Å²) >= 11 is 0. The van der Waals surface area contributed by atoms with Gasteiger partial charge in [0.1, 0.15) is 5.56 Å². The molecule has 0 heterocycles. The van der Waals surface area contributed by atoms with E-state index in [4.69, 9.17) is 5.73 Å². The number of nitro benzene ring substituents is 1. The predicted molar refractivity (Wildman–Crippen MR) is 77.6 cm³/mol. The summed E-state index contributed by atoms with van der Waals surface area (Å²) in [6.07, 6.45) is 0. The van der Waals surface area contributed by atoms with Gasteiger partial charge in [-0.2, -0.15) is 0 Å². The van der Waals surface area contributed by atoms with Crippen LogP contribution < -0.4 is 5.73 Å². The minimum Gasteiger partial charge on any atom is -0.341 e. The van der Waals surface area contributed by atoms with Crippen molar-refractivity contribution in [3.05, 3.63) is 39.4 Å². The lowest BCUT2D eigenvalue weighted by Gasteiger charge is -2.29. The molecule has 0 aliphatic carbocycles. The lowest BCUT2D eigenvalue weighted by atomic mass is 9.93. The summed E-state index contributed by atoms with van der Waals surface area (Å²) in [4.78, 5) is 24.5. The molecule has 0 saturated heterocycles. The van der Waals surface area contributed by atoms with Crippen molar-refractivity contribution >= 4 is 11.6 Å². The van der Waals surface area contributed by atoms with Crippen LogP contribution in [0.1, 0.15) is 29.8 Å². The highest BCUT2D eigenvalue weighted by Crippen LogP contribution is 2.24. The molecule has 0 aliphatic rings. The monoisotopic (exact) mass is 279 g/mol. The van der Waals surface area contributed by atoms with E-state index in [0.29, 0.717) is 18.7 Å². The number of carbonyl (C=O) groups excluding carboxylic acids is 1. The standard InChI is InChI=1S/C14H21N3O3/c1-10-6-5-7-11(17(19)20)12(10)13(18)16(4)9-14(2,3)8-15/h5-7H,8-9,15H2,1-4H3. The van der Waals surface area contributed by atoms with E-state index in [0.717, 1.165) is 0 Å². The van der Waals surface area contributed by atoms with Crippen molar-refractivity contribution in [1.82, 2.24) is 4.90 Å². The van der Waals surface area contributed by atoms with Gasteiger partial charge in [0.05, 0.1) is 4.92 Å². The van der Waals surface area contributed by atoms with Crippen LogP contribution in [0.3, 0.4) is 0 Å². The summed E-state index contributed by atoms with van der Waals surface area (Å²) in [6, 6.07) is 4.62. The van der Waals surface area contributed by atoms with Crippen molar-refractivity contribution in [3.63, 3.8) is 0 Å². The third-order valence-corrected chi connectivity index (χ3v) is 3.23. The van der Waals surface area contributed by atoms with E-state index in [2.05, 4.69) is 0 Å². The number of nitrogens with two attached hydrogens (primary N) is 1. The van der Waals surface area contributed by atoms with Gasteiger partial charge in [-0.25, -0.2) is 0 Å². The summed E-state index contributed by atoms with van der Waals surface area (Å²) in [7, 11) is 1.63. The highest BCUT2D eigenvalue weighted by molar-refractivity contribution is 5.99. The number of hydrogen-bond donors (Lipinski definition) is 1. The Balaban J connectivity index is 3.12. The van der Waals surface area contributed by atoms with Crippen LogP contribution >= 0.6 is 0 Å². The van der Waals surface area contributed by atoms with Gasteiger partial charge in [0.2, 0.25) is 0 Å². The Morgan fingerprint density at radius 3 is 2.55 bits per heavy atom. The molecule has 0 unspecified atom stereocenters. The predicted octanol–water partition coefficient (Wildman–Crippen LogP) is 1.96. The van der Waals surface area contributed by atoms with Gasteiger partial charge in [0.15, 0.2) is 0 Å². The number of rotatable bonds is 5. The molecular formula is C14H21N3O3. The molecule has 0 saturated carbocycles. The van der Waals surface area contributed by atoms with Crippen molar-refractivity contribution < 1.29 is 9.72 Å². The summed E-state index contributed by atoms with van der Waals surface area (Å²) in [5.41, 5.74) is 6.01. The van der Waals surface area contributed by atoms with Gasteiger partial charge in [-0.15, -0.1) is 0 Å². The first-order valence-corrected chi connectivity index (χ1v) is 6.39. The largest absolute Gasteiger partial charge is 0.341 e. The summed E-state index contributed by atoms with van der Waals surface area (Å²) in [6.45, 7) is 6.46. The first-order chi connectivity index (χ1) is 9.19. The van der Waals surface area contributed by atoms with Crippen molar-refractivity contribution in [2.75, 3.05) is 20.1 Å². The van der Waals surface area contributed by atoms with Crippen LogP contribution in [-0.2, 0) is 0 Å². The molecule has 1 amide bonds. The van der Waals surface area contributed by atoms with Crippen LogP contribution in [0.15, 0.2) is 18.2 Å². The minimum atomic E-state index is -0.526. The molecule has 0 bridgehead atoms. The Hall–Kier alpha value is -1.95. The molecule has 0 aliphatic heterocycles. The van der Waals surface area contributed by atoms with E-state index < -0.39 is 4.92 Å². The topological polar surface area (TPSA) is 89.5 Å². The second-order valence-corrected chi connectivity index (χ2v) is 5.76. The first-order valence-electron chi connectivity index (χ1n) is 6.39. The fourth-order valence-corrected chi connectivity index (χ4v) is 2.05. The van der Waals surface area contributed by atoms with Crippen molar-refractivity contribution in [2.45, 2.75) is 20.8 Å². The fourth-order valence-electron chi connectivity index (χ4n) is 2.05. The number of aryl methyl sites for hydroxylation is 1. The zero-order valence-electron chi connectivity index (χ0n) is 12.3. The maximum atomic E-state index is 12.5. The van der Waals surface area contributed by atoms with Crippen molar-refractivity contribution in [2.24, 2.45) is 11.1 Å². The molecule has 0 fully saturated rings. The Kier molecular flexibility index (Phi) is 4.83. The molecule has 0 atom stereocenters. The second-order valence-electron chi connectivity index (χ2n) is 5.76. The first kappa shape index (κ1) is 16.1. The lowest BCUT2D eigenvalue weighted by molar-refractivity contribution is -0.385. The zero-order chi connectivity index (χ0) is 15.5. The van der Waals surface area contributed by atoms with Crippen LogP contribution in [-0.4, -0.2) is 35.9 Å². The molecule has 0 spiro atoms. The highest BCUT2D eigenvalue weighted by Gasteiger charge is 2.27. The summed E-state index contributed by atoms with van der Waals surface area (Å²) in [5.74, 6) is -0.351. The SMILES string of the molecule is Cc1cccc([N+](=O)[O-])c1C(=O)N(C)CC(C)(C)CN. The van der Waals surface area contributed by atoms with E-state index in [1.54, 1.807) is 26.1 Å². The van der Waals surface area contributed by atoms with Crippen LogP contribution in [0.5, 0.6) is 0 Å². The average molecular weight is 279 g/mol. The molecule has 0 aromatic heterocycles. The van der Waals surface area contributed by atoms with E-state index in [9.17, 15) is 14.9 Å². The molecule has 1 aromatic rings. The Morgan fingerprint density at radius 2 is 2.05 bits per heavy atom. The molecular weight excluding hydrogens is 258 g/mol. The van der Waals surface area contributed by atoms with Gasteiger partial charge >= 0.3 is 0 Å². The number of nitrogens with zero attached hydrogens (tertiary/aromatic N) is 2. The summed E-state index contributed by atoms with van der Waals surface area (Å²) < 4.78 is 0. The van der Waals surface area contributed by atoms with Crippen molar-refractivity contribution in [1.29, 1.82) is 0 Å². The van der Waals surface area contributed by atoms with E-state index >= 15 is 0 Å². The number of carbonyl (C=O) groups is 1. The maximum absolute atomic E-state index is 12.5. The lowest BCUT2D eigenvalue weighted by Crippen LogP contribution is -2.40. The number of amides is 1. The summed E-state index contributed by atoms with van der Waals surface area (Å²) in [5, 5.41) is 11.1. The molecule has 6 nitrogen and oxygen atoms in total. The van der Waals surface area contributed by atoms with E-state index in [1.807, 2.05) is 13.8 Å². The number of nitro groups is 1. The normalized spacial score (nSPS) is 11.2. The van der Waals surface area contributed by atoms with Gasteiger partial charge in [0, 0.05) is 19.7 Å². The third kappa shape index (κ3) is 3.54. The second kappa shape index (κ2) is 6.00. The minimum absolute atomic E-state index is 0.146. The molecule has 110 valence electrons. The highest BCUT2D eigenvalue weighted by atomic mass is 16.6. The molecule has 0 radical (unpaired) electrons. The van der Waals surface area contributed by atoms with Gasteiger partial charge in [0.25, 0.3) is 11.6 Å². The Morgan fingerprint density at radius 1 is 1.45 bits per heavy atom. The molecule has 6 heteroatoms. The van der Waals surface area contributed by atoms with Crippen LogP contribution in [0, 0.1) is 22.5 Å². The molecule has 1 aromatic carbocycles. The van der Waals surface area contributed by atoms with Crippen LogP contribution in [0.25, 0.3) is 0 Å². The van der Waals surface area contributed by atoms with Crippen molar-refractivity contribution in [3.8, 4) is 0 Å². The van der Waals surface area contributed by atoms with E-state index in [1.165, 1.54) is 11.0 Å². The number of hydrogen-bond acceptors (Lipinski definition) is 4. The Labute approximate surface area is 118 Å². The number of benzene rings is 1. The van der Waals surface area contributed by atoms with E-state index in [-0.39, 0.29) is 22.6 Å². The fraction of sp³-hybridized carbons (Fsp3) is 0.500.